The summed E-state index contributed by atoms with van der Waals surface area (Å²) in [5, 5.41) is 0. The molecule has 0 aromatic heterocycles. The molecule has 0 aliphatic carbocycles. The summed E-state index contributed by atoms with van der Waals surface area (Å²) in [6, 6.07) is 0. The summed E-state index contributed by atoms with van der Waals surface area (Å²) in [7, 11) is 0. The topological polar surface area (TPSA) is 44.8 Å². The Morgan fingerprint density at radius 1 is 0.778 bits per heavy atom. The van der Waals surface area contributed by atoms with Crippen LogP contribution in [0.25, 0.3) is 0 Å². The largest absolute Gasteiger partial charge is 0.463 e. The fourth-order valence-corrected chi connectivity index (χ4v) is 3.53. The molecule has 0 amide bonds. The molecule has 0 saturated carbocycles. The van der Waals surface area contributed by atoms with E-state index in [9.17, 15) is 4.79 Å². The first kappa shape index (κ1) is 24.4. The molecular weight excluding hydrogens is 340 g/mol. The van der Waals surface area contributed by atoms with E-state index >= 15 is 0 Å². The fraction of sp³-hybridized carbons (Fsp3) is 0.957. The Morgan fingerprint density at radius 3 is 1.78 bits per heavy atom. The second-order valence-electron chi connectivity index (χ2n) is 7.95. The molecule has 0 aromatic rings. The number of rotatable bonds is 18. The van der Waals surface area contributed by atoms with Gasteiger partial charge < -0.3 is 14.2 Å². The molecule has 1 atom stereocenters. The van der Waals surface area contributed by atoms with E-state index in [0.717, 1.165) is 12.8 Å². The van der Waals surface area contributed by atoms with Crippen LogP contribution in [-0.2, 0) is 19.0 Å². The third kappa shape index (κ3) is 16.1. The van der Waals surface area contributed by atoms with E-state index in [1.165, 1.54) is 83.5 Å². The maximum atomic E-state index is 11.7. The average Bonchev–Trinajstić information content (AvgIpc) is 2.70. The van der Waals surface area contributed by atoms with Gasteiger partial charge in [-0.25, -0.2) is 0 Å². The van der Waals surface area contributed by atoms with Crippen LogP contribution in [-0.4, -0.2) is 38.5 Å². The van der Waals surface area contributed by atoms with Crippen molar-refractivity contribution in [1.29, 1.82) is 0 Å². The Hall–Kier alpha value is -0.610. The van der Waals surface area contributed by atoms with Gasteiger partial charge in [0.2, 0.25) is 0 Å². The van der Waals surface area contributed by atoms with Crippen LogP contribution >= 0.6 is 0 Å². The van der Waals surface area contributed by atoms with E-state index in [1.807, 2.05) is 0 Å². The Labute approximate surface area is 167 Å². The molecule has 1 aliphatic rings. The molecule has 160 valence electrons. The van der Waals surface area contributed by atoms with E-state index < -0.39 is 0 Å². The lowest BCUT2D eigenvalue weighted by Crippen LogP contribution is -2.33. The molecule has 1 heterocycles. The molecule has 27 heavy (non-hydrogen) atoms. The van der Waals surface area contributed by atoms with Crippen molar-refractivity contribution in [2.45, 2.75) is 116 Å². The first-order valence-electron chi connectivity index (χ1n) is 11.7. The summed E-state index contributed by atoms with van der Waals surface area (Å²) in [6.07, 6.45) is 20.5. The zero-order chi connectivity index (χ0) is 19.4. The van der Waals surface area contributed by atoms with Crippen molar-refractivity contribution in [3.8, 4) is 0 Å². The summed E-state index contributed by atoms with van der Waals surface area (Å²) in [6.45, 7) is 4.38. The minimum absolute atomic E-state index is 0.0799. The Bertz CT molecular complexity index is 326. The monoisotopic (exact) mass is 384 g/mol. The molecule has 1 rings (SSSR count). The van der Waals surface area contributed by atoms with Gasteiger partial charge in [-0.1, -0.05) is 96.8 Å². The molecule has 0 spiro atoms. The number of carbonyl (C=O) groups excluding carboxylic acids is 1. The zero-order valence-electron chi connectivity index (χ0n) is 17.9. The van der Waals surface area contributed by atoms with Crippen LogP contribution in [0.5, 0.6) is 0 Å². The normalized spacial score (nSPS) is 17.1. The van der Waals surface area contributed by atoms with Gasteiger partial charge in [0.1, 0.15) is 12.7 Å². The summed E-state index contributed by atoms with van der Waals surface area (Å²) >= 11 is 0. The molecule has 0 aromatic carbocycles. The number of ether oxygens (including phenoxy) is 3. The van der Waals surface area contributed by atoms with Crippen molar-refractivity contribution in [1.82, 2.24) is 0 Å². The number of unbranched alkanes of at least 4 members (excludes halogenated alkanes) is 14. The standard InChI is InChI=1S/C23H44O4/c1-2-3-4-5-6-7-8-9-10-11-12-13-14-15-16-17-23(24)27-21-22-20-25-18-19-26-22/h22H,2-21H2,1H3. The van der Waals surface area contributed by atoms with Gasteiger partial charge in [0.15, 0.2) is 0 Å². The lowest BCUT2D eigenvalue weighted by Gasteiger charge is -2.22. The molecule has 1 saturated heterocycles. The highest BCUT2D eigenvalue weighted by Gasteiger charge is 2.16. The first-order chi connectivity index (χ1) is 13.3. The third-order valence-corrected chi connectivity index (χ3v) is 5.30. The molecular formula is C23H44O4. The van der Waals surface area contributed by atoms with E-state index in [1.54, 1.807) is 0 Å². The quantitative estimate of drug-likeness (QED) is 0.208. The predicted molar refractivity (Wildman–Crippen MR) is 111 cm³/mol. The number of esters is 1. The van der Waals surface area contributed by atoms with Gasteiger partial charge in [-0.05, 0) is 6.42 Å². The second-order valence-corrected chi connectivity index (χ2v) is 7.95. The Balaban J connectivity index is 1.73. The minimum atomic E-state index is -0.0983. The van der Waals surface area contributed by atoms with Gasteiger partial charge in [0.25, 0.3) is 0 Å². The summed E-state index contributed by atoms with van der Waals surface area (Å²) in [4.78, 5) is 11.7. The van der Waals surface area contributed by atoms with Crippen LogP contribution in [0, 0.1) is 0 Å². The van der Waals surface area contributed by atoms with E-state index in [4.69, 9.17) is 14.2 Å². The minimum Gasteiger partial charge on any atom is -0.463 e. The van der Waals surface area contributed by atoms with Gasteiger partial charge in [-0.3, -0.25) is 4.79 Å². The van der Waals surface area contributed by atoms with Crippen molar-refractivity contribution in [3.05, 3.63) is 0 Å². The molecule has 1 unspecified atom stereocenters. The van der Waals surface area contributed by atoms with Gasteiger partial charge in [-0.15, -0.1) is 0 Å². The van der Waals surface area contributed by atoms with Crippen molar-refractivity contribution in [2.75, 3.05) is 26.4 Å². The third-order valence-electron chi connectivity index (χ3n) is 5.30. The van der Waals surface area contributed by atoms with Crippen LogP contribution in [0.4, 0.5) is 0 Å². The molecule has 1 aliphatic heterocycles. The lowest BCUT2D eigenvalue weighted by molar-refractivity contribution is -0.155. The maximum Gasteiger partial charge on any atom is 0.305 e. The molecule has 0 radical (unpaired) electrons. The van der Waals surface area contributed by atoms with Crippen LogP contribution in [0.1, 0.15) is 110 Å². The predicted octanol–water partition coefficient (Wildman–Crippen LogP) is 6.21. The van der Waals surface area contributed by atoms with Gasteiger partial charge in [0.05, 0.1) is 19.8 Å². The van der Waals surface area contributed by atoms with Crippen molar-refractivity contribution in [3.63, 3.8) is 0 Å². The highest BCUT2D eigenvalue weighted by molar-refractivity contribution is 5.69. The van der Waals surface area contributed by atoms with E-state index in [0.29, 0.717) is 32.8 Å². The first-order valence-corrected chi connectivity index (χ1v) is 11.7. The summed E-state index contributed by atoms with van der Waals surface area (Å²) in [5.41, 5.74) is 0. The smallest absolute Gasteiger partial charge is 0.305 e. The summed E-state index contributed by atoms with van der Waals surface area (Å²) in [5.74, 6) is -0.0983. The fourth-order valence-electron chi connectivity index (χ4n) is 3.53. The Kier molecular flexibility index (Phi) is 17.0. The highest BCUT2D eigenvalue weighted by Crippen LogP contribution is 2.14. The molecule has 4 nitrogen and oxygen atoms in total. The second kappa shape index (κ2) is 18.7. The number of hydrogen-bond donors (Lipinski definition) is 0. The van der Waals surface area contributed by atoms with Crippen molar-refractivity contribution in [2.24, 2.45) is 0 Å². The molecule has 0 N–H and O–H groups in total. The molecule has 0 bridgehead atoms. The number of carbonyl (C=O) groups is 1. The van der Waals surface area contributed by atoms with Crippen molar-refractivity contribution >= 4 is 5.97 Å². The Morgan fingerprint density at radius 2 is 1.30 bits per heavy atom. The molecule has 4 heteroatoms. The maximum absolute atomic E-state index is 11.7. The van der Waals surface area contributed by atoms with Crippen LogP contribution < -0.4 is 0 Å². The van der Waals surface area contributed by atoms with Crippen LogP contribution in [0.15, 0.2) is 0 Å². The highest BCUT2D eigenvalue weighted by atomic mass is 16.6. The van der Waals surface area contributed by atoms with Gasteiger partial charge in [-0.2, -0.15) is 0 Å². The van der Waals surface area contributed by atoms with E-state index in [2.05, 4.69) is 6.92 Å². The van der Waals surface area contributed by atoms with Gasteiger partial charge >= 0.3 is 5.97 Å². The van der Waals surface area contributed by atoms with Gasteiger partial charge in [0, 0.05) is 6.42 Å². The molecule has 1 fully saturated rings. The van der Waals surface area contributed by atoms with Crippen LogP contribution in [0.3, 0.4) is 0 Å². The average molecular weight is 385 g/mol. The lowest BCUT2D eigenvalue weighted by atomic mass is 10.0. The summed E-state index contributed by atoms with van der Waals surface area (Å²) < 4.78 is 16.0. The zero-order valence-corrected chi connectivity index (χ0v) is 17.9. The van der Waals surface area contributed by atoms with E-state index in [-0.39, 0.29) is 12.1 Å². The van der Waals surface area contributed by atoms with Crippen LogP contribution in [0.2, 0.25) is 0 Å². The number of hydrogen-bond acceptors (Lipinski definition) is 4. The SMILES string of the molecule is CCCCCCCCCCCCCCCCCC(=O)OCC1COCCO1. The van der Waals surface area contributed by atoms with Crippen molar-refractivity contribution < 1.29 is 19.0 Å².